The Labute approximate surface area is 203 Å². The van der Waals surface area contributed by atoms with E-state index in [4.69, 9.17) is 9.47 Å². The molecule has 1 aromatic carbocycles. The van der Waals surface area contributed by atoms with Crippen LogP contribution in [0.2, 0.25) is 0 Å². The van der Waals surface area contributed by atoms with Crippen LogP contribution in [0.5, 0.6) is 0 Å². The highest BCUT2D eigenvalue weighted by Gasteiger charge is 2.45. The number of methoxy groups -OCH3 is 1. The molecule has 0 aliphatic carbocycles. The lowest BCUT2D eigenvalue weighted by molar-refractivity contribution is -0.125. The molecule has 3 heterocycles. The number of carbonyl (C=O) groups is 3. The number of fused-ring (bicyclic) bond motifs is 1. The number of amides is 3. The molecule has 1 saturated heterocycles. The number of carbonyl (C=O) groups excluding carboxylic acids is 3. The van der Waals surface area contributed by atoms with E-state index in [0.717, 1.165) is 10.4 Å². The number of hydrogen-bond acceptors (Lipinski definition) is 6. The molecule has 0 radical (unpaired) electrons. The number of thiophene rings is 1. The van der Waals surface area contributed by atoms with Crippen LogP contribution in [0.1, 0.15) is 52.5 Å². The van der Waals surface area contributed by atoms with Gasteiger partial charge in [-0.1, -0.05) is 24.3 Å². The van der Waals surface area contributed by atoms with Gasteiger partial charge in [0.15, 0.2) is 0 Å². The maximum atomic E-state index is 13.8. The monoisotopic (exact) mass is 485 g/mol. The predicted octanol–water partition coefficient (Wildman–Crippen LogP) is 3.41. The van der Waals surface area contributed by atoms with E-state index in [1.54, 1.807) is 41.2 Å². The van der Waals surface area contributed by atoms with Gasteiger partial charge in [0.05, 0.1) is 25.2 Å². The Morgan fingerprint density at radius 2 is 1.91 bits per heavy atom. The molecule has 2 aliphatic heterocycles. The van der Waals surface area contributed by atoms with Crippen LogP contribution in [-0.4, -0.2) is 73.7 Å². The van der Waals surface area contributed by atoms with E-state index in [1.807, 2.05) is 35.7 Å². The molecule has 1 fully saturated rings. The summed E-state index contributed by atoms with van der Waals surface area (Å²) in [6, 6.07) is 10.9. The van der Waals surface area contributed by atoms with Gasteiger partial charge >= 0.3 is 6.09 Å². The molecule has 1 N–H and O–H groups in total. The Morgan fingerprint density at radius 1 is 1.15 bits per heavy atom. The molecule has 2 atom stereocenters. The third kappa shape index (κ3) is 4.95. The maximum Gasteiger partial charge on any atom is 0.409 e. The van der Waals surface area contributed by atoms with Crippen LogP contribution < -0.4 is 5.32 Å². The molecule has 4 rings (SSSR count). The SMILES string of the molecule is CCOC(=O)N1CCC(NC(=O)C2c3ccccc3C(=O)N(CCOC)C2c2cccs2)CC1. The Balaban J connectivity index is 1.59. The molecular formula is C25H31N3O5S. The summed E-state index contributed by atoms with van der Waals surface area (Å²) in [6.45, 7) is 4.00. The maximum absolute atomic E-state index is 13.8. The van der Waals surface area contributed by atoms with E-state index in [-0.39, 0.29) is 23.9 Å². The molecule has 9 heteroatoms. The van der Waals surface area contributed by atoms with Crippen LogP contribution in [0.4, 0.5) is 4.79 Å². The summed E-state index contributed by atoms with van der Waals surface area (Å²) in [5.74, 6) is -0.722. The van der Waals surface area contributed by atoms with E-state index < -0.39 is 12.0 Å². The van der Waals surface area contributed by atoms with Gasteiger partial charge in [-0.05, 0) is 42.8 Å². The molecule has 0 saturated carbocycles. The molecule has 2 aromatic rings. The van der Waals surface area contributed by atoms with Gasteiger partial charge in [0.1, 0.15) is 0 Å². The van der Waals surface area contributed by atoms with E-state index in [2.05, 4.69) is 5.32 Å². The van der Waals surface area contributed by atoms with Crippen molar-refractivity contribution in [2.45, 2.75) is 37.8 Å². The minimum absolute atomic E-state index is 0.0422. The van der Waals surface area contributed by atoms with Crippen LogP contribution >= 0.6 is 11.3 Å². The number of benzene rings is 1. The van der Waals surface area contributed by atoms with E-state index >= 15 is 0 Å². The van der Waals surface area contributed by atoms with Crippen molar-refractivity contribution in [3.8, 4) is 0 Å². The van der Waals surface area contributed by atoms with Gasteiger partial charge in [-0.15, -0.1) is 11.3 Å². The van der Waals surface area contributed by atoms with E-state index in [9.17, 15) is 14.4 Å². The fraction of sp³-hybridized carbons (Fsp3) is 0.480. The lowest BCUT2D eigenvalue weighted by Gasteiger charge is -2.42. The lowest BCUT2D eigenvalue weighted by Crippen LogP contribution is -2.51. The molecule has 2 unspecified atom stereocenters. The van der Waals surface area contributed by atoms with Crippen molar-refractivity contribution < 1.29 is 23.9 Å². The summed E-state index contributed by atoms with van der Waals surface area (Å²) in [4.78, 5) is 43.7. The first-order chi connectivity index (χ1) is 16.5. The Bertz CT molecular complexity index is 1000. The van der Waals surface area contributed by atoms with Crippen LogP contribution in [-0.2, 0) is 14.3 Å². The van der Waals surface area contributed by atoms with Gasteiger partial charge < -0.3 is 24.6 Å². The minimum atomic E-state index is -0.535. The zero-order chi connectivity index (χ0) is 24.1. The number of nitrogens with zero attached hydrogens (tertiary/aromatic N) is 2. The molecular weight excluding hydrogens is 454 g/mol. The first-order valence-electron chi connectivity index (χ1n) is 11.7. The molecule has 1 aromatic heterocycles. The number of hydrogen-bond donors (Lipinski definition) is 1. The average Bonchev–Trinajstić information content (AvgIpc) is 3.38. The molecule has 0 bridgehead atoms. The van der Waals surface area contributed by atoms with Crippen molar-refractivity contribution in [1.82, 2.24) is 15.1 Å². The van der Waals surface area contributed by atoms with Crippen molar-refractivity contribution in [3.63, 3.8) is 0 Å². The van der Waals surface area contributed by atoms with Gasteiger partial charge in [0.2, 0.25) is 5.91 Å². The summed E-state index contributed by atoms with van der Waals surface area (Å²) in [5, 5.41) is 5.19. The average molecular weight is 486 g/mol. The fourth-order valence-corrected chi connectivity index (χ4v) is 5.67. The second-order valence-electron chi connectivity index (χ2n) is 8.49. The molecule has 34 heavy (non-hydrogen) atoms. The Kier molecular flexibility index (Phi) is 7.84. The number of piperidine rings is 1. The van der Waals surface area contributed by atoms with Gasteiger partial charge in [-0.25, -0.2) is 4.79 Å². The van der Waals surface area contributed by atoms with Crippen molar-refractivity contribution in [1.29, 1.82) is 0 Å². The summed E-state index contributed by atoms with van der Waals surface area (Å²) in [7, 11) is 1.61. The standard InChI is InChI=1S/C25H31N3O5S/c1-3-33-25(31)27-12-10-17(11-13-27)26-23(29)21-18-7-4-5-8-19(18)24(30)28(14-15-32-2)22(21)20-9-6-16-34-20/h4-9,16-17,21-22H,3,10-15H2,1-2H3,(H,26,29). The van der Waals surface area contributed by atoms with Crippen LogP contribution in [0, 0.1) is 0 Å². The van der Waals surface area contributed by atoms with Gasteiger partial charge in [-0.2, -0.15) is 0 Å². The second kappa shape index (κ2) is 11.0. The van der Waals surface area contributed by atoms with Gasteiger partial charge in [0, 0.05) is 43.2 Å². The highest BCUT2D eigenvalue weighted by atomic mass is 32.1. The zero-order valence-corrected chi connectivity index (χ0v) is 20.4. The minimum Gasteiger partial charge on any atom is -0.450 e. The zero-order valence-electron chi connectivity index (χ0n) is 19.6. The van der Waals surface area contributed by atoms with Crippen molar-refractivity contribution in [2.24, 2.45) is 0 Å². The normalized spacial score (nSPS) is 20.7. The highest BCUT2D eigenvalue weighted by molar-refractivity contribution is 7.10. The van der Waals surface area contributed by atoms with Crippen LogP contribution in [0.3, 0.4) is 0 Å². The second-order valence-corrected chi connectivity index (χ2v) is 9.46. The summed E-state index contributed by atoms with van der Waals surface area (Å²) < 4.78 is 10.4. The highest BCUT2D eigenvalue weighted by Crippen LogP contribution is 2.44. The first kappa shape index (κ1) is 24.2. The quantitative estimate of drug-likeness (QED) is 0.649. The van der Waals surface area contributed by atoms with Crippen LogP contribution in [0.25, 0.3) is 0 Å². The lowest BCUT2D eigenvalue weighted by atomic mass is 9.81. The van der Waals surface area contributed by atoms with E-state index in [0.29, 0.717) is 51.3 Å². The fourth-order valence-electron chi connectivity index (χ4n) is 4.80. The van der Waals surface area contributed by atoms with Crippen molar-refractivity contribution >= 4 is 29.2 Å². The Hall–Kier alpha value is -2.91. The topological polar surface area (TPSA) is 88.2 Å². The van der Waals surface area contributed by atoms with Gasteiger partial charge in [0.25, 0.3) is 5.91 Å². The van der Waals surface area contributed by atoms with E-state index in [1.165, 1.54) is 0 Å². The largest absolute Gasteiger partial charge is 0.450 e. The first-order valence-corrected chi connectivity index (χ1v) is 12.6. The Morgan fingerprint density at radius 3 is 2.59 bits per heavy atom. The van der Waals surface area contributed by atoms with Crippen LogP contribution in [0.15, 0.2) is 41.8 Å². The predicted molar refractivity (Wildman–Crippen MR) is 129 cm³/mol. The molecule has 0 spiro atoms. The molecule has 182 valence electrons. The number of likely N-dealkylation sites (tertiary alicyclic amines) is 1. The summed E-state index contributed by atoms with van der Waals surface area (Å²) >= 11 is 1.55. The summed E-state index contributed by atoms with van der Waals surface area (Å²) in [6.07, 6.45) is 1.02. The number of ether oxygens (including phenoxy) is 2. The van der Waals surface area contributed by atoms with Crippen molar-refractivity contribution in [2.75, 3.05) is 40.0 Å². The molecule has 2 aliphatic rings. The third-order valence-electron chi connectivity index (χ3n) is 6.46. The summed E-state index contributed by atoms with van der Waals surface area (Å²) in [5.41, 5.74) is 1.31. The molecule has 8 nitrogen and oxygen atoms in total. The molecule has 3 amide bonds. The number of nitrogens with one attached hydrogen (secondary N) is 1. The third-order valence-corrected chi connectivity index (χ3v) is 7.40. The smallest absolute Gasteiger partial charge is 0.409 e. The van der Waals surface area contributed by atoms with Gasteiger partial charge in [-0.3, -0.25) is 9.59 Å². The van der Waals surface area contributed by atoms with Crippen molar-refractivity contribution in [3.05, 3.63) is 57.8 Å². The number of rotatable bonds is 7.